The number of nitrogens with zero attached hydrogens (tertiary/aromatic N) is 2. The van der Waals surface area contributed by atoms with Crippen LogP contribution in [-0.4, -0.2) is 47.7 Å². The number of furan rings is 1. The molecule has 142 valence electrons. The Balaban J connectivity index is 1.97. The Kier molecular flexibility index (Phi) is 5.36. The first kappa shape index (κ1) is 19.2. The van der Waals surface area contributed by atoms with Crippen LogP contribution in [0.4, 0.5) is 5.69 Å². The lowest BCUT2D eigenvalue weighted by molar-refractivity contribution is -0.134. The normalized spacial score (nSPS) is 15.9. The molecule has 8 heteroatoms. The Morgan fingerprint density at radius 2 is 1.93 bits per heavy atom. The smallest absolute Gasteiger partial charge is 0.290 e. The van der Waals surface area contributed by atoms with E-state index in [9.17, 15) is 14.4 Å². The van der Waals surface area contributed by atoms with Crippen molar-refractivity contribution in [2.75, 3.05) is 19.4 Å². The summed E-state index contributed by atoms with van der Waals surface area (Å²) in [6.07, 6.45) is 0.403. The highest BCUT2D eigenvalue weighted by atomic mass is 79.9. The van der Waals surface area contributed by atoms with Crippen LogP contribution in [0.2, 0.25) is 0 Å². The number of anilines is 1. The van der Waals surface area contributed by atoms with Crippen LogP contribution in [0.15, 0.2) is 39.4 Å². The van der Waals surface area contributed by atoms with Gasteiger partial charge in [0.2, 0.25) is 11.8 Å². The molecule has 1 aliphatic heterocycles. The highest BCUT2D eigenvalue weighted by Gasteiger charge is 2.37. The summed E-state index contributed by atoms with van der Waals surface area (Å²) in [5, 5.41) is 2.74. The van der Waals surface area contributed by atoms with Crippen LogP contribution in [-0.2, 0) is 22.6 Å². The summed E-state index contributed by atoms with van der Waals surface area (Å²) in [6, 6.07) is 8.14. The van der Waals surface area contributed by atoms with E-state index >= 15 is 0 Å². The molecule has 1 N–H and O–H groups in total. The van der Waals surface area contributed by atoms with Gasteiger partial charge in [-0.2, -0.15) is 0 Å². The largest absolute Gasteiger partial charge is 0.444 e. The topological polar surface area (TPSA) is 82.9 Å². The molecule has 1 aromatic carbocycles. The van der Waals surface area contributed by atoms with Crippen molar-refractivity contribution >= 4 is 39.3 Å². The molecule has 0 fully saturated rings. The lowest BCUT2D eigenvalue weighted by Gasteiger charge is -2.37. The van der Waals surface area contributed by atoms with Crippen molar-refractivity contribution in [2.24, 2.45) is 0 Å². The van der Waals surface area contributed by atoms with Crippen LogP contribution in [0.5, 0.6) is 0 Å². The number of carbonyl (C=O) groups is 3. The standard InChI is InChI=1S/C19H20BrN3O4/c1-11(24)21-14-5-4-12-9-15(18(25)22(2)3)23(10-13(12)8-14)19(26)16-6-7-17(20)27-16/h4-8,15H,9-10H2,1-3H3,(H,21,24)/t15-/m1/s1. The highest BCUT2D eigenvalue weighted by Crippen LogP contribution is 2.29. The molecule has 3 amide bonds. The molecule has 0 aliphatic carbocycles. The van der Waals surface area contributed by atoms with Crippen molar-refractivity contribution in [2.45, 2.75) is 25.9 Å². The zero-order valence-corrected chi connectivity index (χ0v) is 16.9. The second-order valence-corrected chi connectivity index (χ2v) is 7.44. The van der Waals surface area contributed by atoms with Crippen molar-refractivity contribution in [3.63, 3.8) is 0 Å². The fraction of sp³-hybridized carbons (Fsp3) is 0.316. The molecule has 0 unspecified atom stereocenters. The van der Waals surface area contributed by atoms with Crippen LogP contribution >= 0.6 is 15.9 Å². The van der Waals surface area contributed by atoms with Crippen molar-refractivity contribution in [3.8, 4) is 0 Å². The molecule has 0 bridgehead atoms. The van der Waals surface area contributed by atoms with Gasteiger partial charge in [-0.15, -0.1) is 0 Å². The number of likely N-dealkylation sites (N-methyl/N-ethyl adjacent to an activating group) is 1. The minimum Gasteiger partial charge on any atom is -0.444 e. The molecule has 0 spiro atoms. The Labute approximate surface area is 165 Å². The van der Waals surface area contributed by atoms with Crippen molar-refractivity contribution in [1.82, 2.24) is 9.80 Å². The number of halogens is 1. The van der Waals surface area contributed by atoms with Crippen LogP contribution in [0.25, 0.3) is 0 Å². The van der Waals surface area contributed by atoms with E-state index in [1.54, 1.807) is 32.3 Å². The Morgan fingerprint density at radius 3 is 2.52 bits per heavy atom. The number of benzene rings is 1. The lowest BCUT2D eigenvalue weighted by atomic mass is 9.92. The van der Waals surface area contributed by atoms with Gasteiger partial charge in [-0.05, 0) is 51.3 Å². The van der Waals surface area contributed by atoms with E-state index in [-0.39, 0.29) is 30.0 Å². The molecule has 1 atom stereocenters. The summed E-state index contributed by atoms with van der Waals surface area (Å²) in [6.45, 7) is 1.69. The van der Waals surface area contributed by atoms with Gasteiger partial charge in [-0.25, -0.2) is 0 Å². The van der Waals surface area contributed by atoms with E-state index in [0.29, 0.717) is 16.8 Å². The van der Waals surface area contributed by atoms with Crippen LogP contribution in [0.1, 0.15) is 28.6 Å². The van der Waals surface area contributed by atoms with Crippen molar-refractivity contribution < 1.29 is 18.8 Å². The number of rotatable bonds is 3. The average Bonchev–Trinajstić information content (AvgIpc) is 3.05. The van der Waals surface area contributed by atoms with Crippen LogP contribution < -0.4 is 5.32 Å². The van der Waals surface area contributed by atoms with E-state index in [1.165, 1.54) is 16.7 Å². The maximum absolute atomic E-state index is 13.0. The quantitative estimate of drug-likeness (QED) is 0.806. The van der Waals surface area contributed by atoms with Gasteiger partial charge in [0, 0.05) is 39.7 Å². The van der Waals surface area contributed by atoms with Gasteiger partial charge in [-0.3, -0.25) is 14.4 Å². The second-order valence-electron chi connectivity index (χ2n) is 6.65. The van der Waals surface area contributed by atoms with Gasteiger partial charge in [0.05, 0.1) is 0 Å². The minimum atomic E-state index is -0.615. The summed E-state index contributed by atoms with van der Waals surface area (Å²) in [4.78, 5) is 40.0. The maximum atomic E-state index is 13.0. The van der Waals surface area contributed by atoms with Gasteiger partial charge < -0.3 is 19.5 Å². The zero-order valence-electron chi connectivity index (χ0n) is 15.3. The molecule has 0 radical (unpaired) electrons. The molecule has 3 rings (SSSR count). The first-order valence-corrected chi connectivity index (χ1v) is 9.22. The van der Waals surface area contributed by atoms with E-state index in [0.717, 1.165) is 11.1 Å². The predicted octanol–water partition coefficient (Wildman–Crippen LogP) is 2.66. The summed E-state index contributed by atoms with van der Waals surface area (Å²) in [5.41, 5.74) is 2.53. The van der Waals surface area contributed by atoms with E-state index in [4.69, 9.17) is 4.42 Å². The Hall–Kier alpha value is -2.61. The second kappa shape index (κ2) is 7.56. The Morgan fingerprint density at radius 1 is 1.19 bits per heavy atom. The average molecular weight is 434 g/mol. The van der Waals surface area contributed by atoms with Gasteiger partial charge in [0.1, 0.15) is 6.04 Å². The number of fused-ring (bicyclic) bond motifs is 1. The summed E-state index contributed by atoms with van der Waals surface area (Å²) < 4.78 is 5.85. The van der Waals surface area contributed by atoms with Gasteiger partial charge >= 0.3 is 0 Å². The fourth-order valence-corrected chi connectivity index (χ4v) is 3.47. The molecule has 0 saturated heterocycles. The molecule has 2 aromatic rings. The third-order valence-electron chi connectivity index (χ3n) is 4.43. The van der Waals surface area contributed by atoms with Crippen molar-refractivity contribution in [1.29, 1.82) is 0 Å². The van der Waals surface area contributed by atoms with E-state index in [1.807, 2.05) is 12.1 Å². The molecule has 2 heterocycles. The summed E-state index contributed by atoms with van der Waals surface area (Å²) >= 11 is 3.20. The van der Waals surface area contributed by atoms with E-state index in [2.05, 4.69) is 21.2 Å². The molecule has 1 aliphatic rings. The monoisotopic (exact) mass is 433 g/mol. The Bertz CT molecular complexity index is 906. The van der Waals surface area contributed by atoms with Gasteiger partial charge in [0.15, 0.2) is 10.4 Å². The zero-order chi connectivity index (χ0) is 19.7. The molecular weight excluding hydrogens is 414 g/mol. The number of amides is 3. The third-order valence-corrected chi connectivity index (χ3v) is 4.85. The SMILES string of the molecule is CC(=O)Nc1ccc2c(c1)CN(C(=O)c1ccc(Br)o1)[C@@H](C(=O)N(C)C)C2. The maximum Gasteiger partial charge on any atom is 0.290 e. The third kappa shape index (κ3) is 4.05. The van der Waals surface area contributed by atoms with Crippen LogP contribution in [0, 0.1) is 0 Å². The summed E-state index contributed by atoms with van der Waals surface area (Å²) in [5.74, 6) is -0.498. The first-order valence-electron chi connectivity index (χ1n) is 8.43. The predicted molar refractivity (Wildman–Crippen MR) is 103 cm³/mol. The van der Waals surface area contributed by atoms with E-state index < -0.39 is 6.04 Å². The molecular formula is C19H20BrN3O4. The molecule has 1 aromatic heterocycles. The minimum absolute atomic E-state index is 0.148. The number of nitrogens with one attached hydrogen (secondary N) is 1. The molecule has 7 nitrogen and oxygen atoms in total. The summed E-state index contributed by atoms with van der Waals surface area (Å²) in [7, 11) is 3.34. The number of hydrogen-bond acceptors (Lipinski definition) is 4. The van der Waals surface area contributed by atoms with Crippen LogP contribution in [0.3, 0.4) is 0 Å². The van der Waals surface area contributed by atoms with Gasteiger partial charge in [0.25, 0.3) is 5.91 Å². The lowest BCUT2D eigenvalue weighted by Crippen LogP contribution is -2.52. The fourth-order valence-electron chi connectivity index (χ4n) is 3.17. The molecule has 0 saturated carbocycles. The van der Waals surface area contributed by atoms with Gasteiger partial charge in [-0.1, -0.05) is 6.07 Å². The number of hydrogen-bond donors (Lipinski definition) is 1. The molecule has 27 heavy (non-hydrogen) atoms. The highest BCUT2D eigenvalue weighted by molar-refractivity contribution is 9.10. The van der Waals surface area contributed by atoms with Crippen molar-refractivity contribution in [3.05, 3.63) is 51.9 Å². The number of carbonyl (C=O) groups excluding carboxylic acids is 3. The first-order chi connectivity index (χ1) is 12.8.